The fourth-order valence-electron chi connectivity index (χ4n) is 3.93. The fourth-order valence-corrected chi connectivity index (χ4v) is 3.93. The molecule has 31 heavy (non-hydrogen) atoms. The molecule has 2 aromatic rings. The molecule has 1 fully saturated rings. The Bertz CT molecular complexity index is 1150. The maximum Gasteiger partial charge on any atom is 0.278 e. The predicted octanol–water partition coefficient (Wildman–Crippen LogP) is 0.639. The molecule has 4 rings (SSSR count). The number of carbonyl (C=O) groups is 2. The second kappa shape index (κ2) is 7.43. The molecule has 2 atom stereocenters. The van der Waals surface area contributed by atoms with Gasteiger partial charge in [0.25, 0.3) is 11.8 Å². The van der Waals surface area contributed by atoms with Gasteiger partial charge in [0.05, 0.1) is 13.2 Å². The van der Waals surface area contributed by atoms with Crippen molar-refractivity contribution in [2.24, 2.45) is 5.73 Å². The van der Waals surface area contributed by atoms with E-state index < -0.39 is 46.0 Å². The molecule has 2 aliphatic heterocycles. The van der Waals surface area contributed by atoms with Crippen molar-refractivity contribution >= 4 is 11.8 Å². The molecule has 0 spiro atoms. The van der Waals surface area contributed by atoms with Crippen LogP contribution in [0.3, 0.4) is 0 Å². The van der Waals surface area contributed by atoms with E-state index in [0.29, 0.717) is 19.1 Å². The van der Waals surface area contributed by atoms with Gasteiger partial charge in [0.15, 0.2) is 11.4 Å². The number of hydrogen-bond donors (Lipinski definition) is 3. The summed E-state index contributed by atoms with van der Waals surface area (Å²) >= 11 is 0. The summed E-state index contributed by atoms with van der Waals surface area (Å²) in [7, 11) is 0. The number of rotatable bonds is 3. The molecule has 0 radical (unpaired) electrons. The number of halogens is 2. The maximum absolute atomic E-state index is 13.8. The van der Waals surface area contributed by atoms with Crippen LogP contribution in [-0.4, -0.2) is 44.9 Å². The zero-order chi connectivity index (χ0) is 22.5. The second-order valence-corrected chi connectivity index (χ2v) is 7.62. The van der Waals surface area contributed by atoms with Crippen molar-refractivity contribution in [2.75, 3.05) is 6.61 Å². The summed E-state index contributed by atoms with van der Waals surface area (Å²) in [6.07, 6.45) is 1.65. The third-order valence-electron chi connectivity index (χ3n) is 5.51. The summed E-state index contributed by atoms with van der Waals surface area (Å²) in [5, 5.41) is 12.8. The molecule has 164 valence electrons. The number of nitrogens with zero attached hydrogens (tertiary/aromatic N) is 2. The highest BCUT2D eigenvalue weighted by molar-refractivity contribution is 5.99. The van der Waals surface area contributed by atoms with Gasteiger partial charge in [0.1, 0.15) is 17.2 Å². The Kier molecular flexibility index (Phi) is 5.02. The Morgan fingerprint density at radius 3 is 2.84 bits per heavy atom. The van der Waals surface area contributed by atoms with Gasteiger partial charge in [-0.05, 0) is 19.4 Å². The van der Waals surface area contributed by atoms with Crippen LogP contribution in [0.4, 0.5) is 8.78 Å². The largest absolute Gasteiger partial charge is 0.503 e. The molecule has 0 saturated carbocycles. The monoisotopic (exact) mass is 434 g/mol. The highest BCUT2D eigenvalue weighted by Crippen LogP contribution is 2.33. The quantitative estimate of drug-likeness (QED) is 0.651. The summed E-state index contributed by atoms with van der Waals surface area (Å²) in [4.78, 5) is 39.4. The van der Waals surface area contributed by atoms with Crippen molar-refractivity contribution in [3.8, 4) is 5.75 Å². The first-order valence-corrected chi connectivity index (χ1v) is 9.57. The number of nitrogens with two attached hydrogens (primary N) is 1. The van der Waals surface area contributed by atoms with E-state index in [0.717, 1.165) is 18.3 Å². The number of aromatic hydroxyl groups is 1. The lowest BCUT2D eigenvalue weighted by atomic mass is 10.0. The second-order valence-electron chi connectivity index (χ2n) is 7.62. The van der Waals surface area contributed by atoms with Gasteiger partial charge in [0, 0.05) is 30.4 Å². The van der Waals surface area contributed by atoms with Gasteiger partial charge in [-0.3, -0.25) is 25.0 Å². The standard InChI is InChI=1S/C20H20F2N4O5/c1-10-4-5-31-20(23)9-25-8-13(16(27)17(28)15(25)19(30)26(10)20)18(29)24-7-11-2-3-12(21)6-14(11)22/h2-3,6,8,10,28H,4-5,7,9,23H2,1H3,(H,24,29)/t10-,20-/m1/s1. The van der Waals surface area contributed by atoms with Crippen molar-refractivity contribution in [3.63, 3.8) is 0 Å². The average Bonchev–Trinajstić information content (AvgIpc) is 2.69. The summed E-state index contributed by atoms with van der Waals surface area (Å²) in [6, 6.07) is 2.59. The van der Waals surface area contributed by atoms with Crippen molar-refractivity contribution in [3.05, 3.63) is 63.1 Å². The van der Waals surface area contributed by atoms with Crippen LogP contribution in [0.15, 0.2) is 29.2 Å². The molecule has 0 bridgehead atoms. The van der Waals surface area contributed by atoms with E-state index >= 15 is 0 Å². The molecular weight excluding hydrogens is 414 g/mol. The molecule has 2 amide bonds. The Balaban J connectivity index is 1.66. The number of amides is 2. The van der Waals surface area contributed by atoms with Gasteiger partial charge < -0.3 is 19.7 Å². The molecule has 1 aromatic carbocycles. The first kappa shape index (κ1) is 20.9. The van der Waals surface area contributed by atoms with E-state index in [1.54, 1.807) is 6.92 Å². The van der Waals surface area contributed by atoms with Gasteiger partial charge in [-0.1, -0.05) is 6.07 Å². The van der Waals surface area contributed by atoms with Gasteiger partial charge in [0.2, 0.25) is 11.3 Å². The van der Waals surface area contributed by atoms with Gasteiger partial charge in [-0.15, -0.1) is 0 Å². The van der Waals surface area contributed by atoms with E-state index in [4.69, 9.17) is 10.5 Å². The molecule has 11 heteroatoms. The number of nitrogens with one attached hydrogen (secondary N) is 1. The summed E-state index contributed by atoms with van der Waals surface area (Å²) in [6.45, 7) is 1.67. The first-order chi connectivity index (χ1) is 14.6. The van der Waals surface area contributed by atoms with E-state index in [-0.39, 0.29) is 30.4 Å². The van der Waals surface area contributed by atoms with Crippen LogP contribution in [-0.2, 0) is 17.8 Å². The summed E-state index contributed by atoms with van der Waals surface area (Å²) in [5.41, 5.74) is 4.48. The van der Waals surface area contributed by atoms with Crippen LogP contribution in [0.2, 0.25) is 0 Å². The SMILES string of the molecule is C[C@@H]1CCO[C@@]2(N)Cn3cc(C(=O)NCc4ccc(F)cc4F)c(=O)c(O)c3C(=O)N12. The number of pyridine rings is 1. The zero-order valence-corrected chi connectivity index (χ0v) is 16.5. The Morgan fingerprint density at radius 2 is 2.13 bits per heavy atom. The van der Waals surface area contributed by atoms with Crippen molar-refractivity contribution in [1.29, 1.82) is 0 Å². The summed E-state index contributed by atoms with van der Waals surface area (Å²) < 4.78 is 33.6. The molecule has 2 aliphatic rings. The third kappa shape index (κ3) is 3.45. The highest BCUT2D eigenvalue weighted by atomic mass is 19.1. The first-order valence-electron chi connectivity index (χ1n) is 9.57. The molecule has 9 nitrogen and oxygen atoms in total. The molecular formula is C20H20F2N4O5. The minimum Gasteiger partial charge on any atom is -0.503 e. The average molecular weight is 434 g/mol. The van der Waals surface area contributed by atoms with E-state index in [2.05, 4.69) is 5.32 Å². The molecule has 1 saturated heterocycles. The van der Waals surface area contributed by atoms with E-state index in [1.807, 2.05) is 0 Å². The van der Waals surface area contributed by atoms with Crippen molar-refractivity contribution < 1.29 is 28.2 Å². The lowest BCUT2D eigenvalue weighted by molar-refractivity contribution is -0.193. The van der Waals surface area contributed by atoms with E-state index in [9.17, 15) is 28.3 Å². The van der Waals surface area contributed by atoms with Gasteiger partial charge in [-0.2, -0.15) is 0 Å². The Labute approximate surface area is 175 Å². The van der Waals surface area contributed by atoms with Crippen LogP contribution in [0.25, 0.3) is 0 Å². The molecule has 3 heterocycles. The zero-order valence-electron chi connectivity index (χ0n) is 16.5. The topological polar surface area (TPSA) is 127 Å². The Hall–Kier alpha value is -3.31. The summed E-state index contributed by atoms with van der Waals surface area (Å²) in [5.74, 6) is -5.59. The lowest BCUT2D eigenvalue weighted by Crippen LogP contribution is -2.70. The van der Waals surface area contributed by atoms with Crippen molar-refractivity contribution in [2.45, 2.75) is 38.3 Å². The fraction of sp³-hybridized carbons (Fsp3) is 0.350. The lowest BCUT2D eigenvalue weighted by Gasteiger charge is -2.50. The number of benzene rings is 1. The molecule has 4 N–H and O–H groups in total. The molecule has 1 aromatic heterocycles. The van der Waals surface area contributed by atoms with E-state index in [1.165, 1.54) is 9.47 Å². The van der Waals surface area contributed by atoms with Crippen molar-refractivity contribution in [1.82, 2.24) is 14.8 Å². The number of hydrogen-bond acceptors (Lipinski definition) is 6. The molecule has 0 aliphatic carbocycles. The van der Waals surface area contributed by atoms with Crippen LogP contribution in [0, 0.1) is 11.6 Å². The van der Waals surface area contributed by atoms with Crippen LogP contribution in [0.5, 0.6) is 5.75 Å². The van der Waals surface area contributed by atoms with Crippen LogP contribution < -0.4 is 16.5 Å². The Morgan fingerprint density at radius 1 is 1.39 bits per heavy atom. The minimum atomic E-state index is -1.49. The van der Waals surface area contributed by atoms with Crippen LogP contribution in [0.1, 0.15) is 39.8 Å². The van der Waals surface area contributed by atoms with Gasteiger partial charge in [-0.25, -0.2) is 8.78 Å². The smallest absolute Gasteiger partial charge is 0.278 e. The number of ether oxygens (including phenoxy) is 1. The maximum atomic E-state index is 13.8. The third-order valence-corrected chi connectivity index (χ3v) is 5.51. The minimum absolute atomic E-state index is 0.00774. The van der Waals surface area contributed by atoms with Crippen LogP contribution >= 0.6 is 0 Å². The van der Waals surface area contributed by atoms with Gasteiger partial charge >= 0.3 is 0 Å². The highest BCUT2D eigenvalue weighted by Gasteiger charge is 2.49. The predicted molar refractivity (Wildman–Crippen MR) is 103 cm³/mol. The normalized spacial score (nSPS) is 22.6. The number of fused-ring (bicyclic) bond motifs is 2. The number of aromatic nitrogens is 1. The molecule has 0 unspecified atom stereocenters. The number of carbonyl (C=O) groups excluding carboxylic acids is 2.